The number of nitrogens with zero attached hydrogens (tertiary/aromatic N) is 2. The van der Waals surface area contributed by atoms with E-state index in [0.29, 0.717) is 12.1 Å². The molecule has 0 fully saturated rings. The van der Waals surface area contributed by atoms with Crippen LogP contribution in [0.2, 0.25) is 0 Å². The Morgan fingerprint density at radius 3 is 2.90 bits per heavy atom. The van der Waals surface area contributed by atoms with Crippen molar-refractivity contribution in [3.8, 4) is 0 Å². The highest BCUT2D eigenvalue weighted by molar-refractivity contribution is 5.99. The third kappa shape index (κ3) is 3.38. The van der Waals surface area contributed by atoms with Crippen molar-refractivity contribution in [2.45, 2.75) is 26.4 Å². The van der Waals surface area contributed by atoms with Crippen molar-refractivity contribution in [3.05, 3.63) is 47.8 Å². The van der Waals surface area contributed by atoms with E-state index in [-0.39, 0.29) is 11.9 Å². The van der Waals surface area contributed by atoms with E-state index in [1.807, 2.05) is 51.4 Å². The summed E-state index contributed by atoms with van der Waals surface area (Å²) in [6, 6.07) is 7.62. The van der Waals surface area contributed by atoms with Gasteiger partial charge in [-0.15, -0.1) is 0 Å². The number of aryl methyl sites for hydroxylation is 1. The average Bonchev–Trinajstić information content (AvgIpc) is 2.90. The molecular formula is C15H20N4O. The van der Waals surface area contributed by atoms with Crippen LogP contribution in [0.4, 0.5) is 5.69 Å². The van der Waals surface area contributed by atoms with E-state index >= 15 is 0 Å². The van der Waals surface area contributed by atoms with E-state index in [9.17, 15) is 4.79 Å². The minimum Gasteiger partial charge on any atom is -0.387 e. The lowest BCUT2D eigenvalue weighted by molar-refractivity contribution is 0.0937. The lowest BCUT2D eigenvalue weighted by atomic mass is 10.1. The van der Waals surface area contributed by atoms with Gasteiger partial charge in [0.25, 0.3) is 5.91 Å². The smallest absolute Gasteiger partial charge is 0.253 e. The molecule has 2 rings (SSSR count). The molecule has 20 heavy (non-hydrogen) atoms. The van der Waals surface area contributed by atoms with Crippen molar-refractivity contribution in [1.82, 2.24) is 15.1 Å². The quantitative estimate of drug-likeness (QED) is 0.876. The summed E-state index contributed by atoms with van der Waals surface area (Å²) < 4.78 is 1.80. The molecule has 0 saturated heterocycles. The number of carbonyl (C=O) groups is 1. The predicted molar refractivity (Wildman–Crippen MR) is 79.9 cm³/mol. The van der Waals surface area contributed by atoms with E-state index < -0.39 is 0 Å². The molecule has 2 N–H and O–H groups in total. The number of rotatable bonds is 5. The Morgan fingerprint density at radius 2 is 2.25 bits per heavy atom. The third-order valence-electron chi connectivity index (χ3n) is 3.09. The molecule has 5 heteroatoms. The summed E-state index contributed by atoms with van der Waals surface area (Å²) in [6.45, 7) is 4.62. The maximum atomic E-state index is 12.3. The molecule has 5 nitrogen and oxygen atoms in total. The summed E-state index contributed by atoms with van der Waals surface area (Å²) in [5, 5.41) is 10.2. The molecule has 1 heterocycles. The van der Waals surface area contributed by atoms with E-state index in [1.165, 1.54) is 0 Å². The van der Waals surface area contributed by atoms with Gasteiger partial charge in [0.2, 0.25) is 0 Å². The number of hydrogen-bond donors (Lipinski definition) is 2. The summed E-state index contributed by atoms with van der Waals surface area (Å²) in [5.74, 6) is -0.0750. The second-order valence-electron chi connectivity index (χ2n) is 4.90. The second-order valence-corrected chi connectivity index (χ2v) is 4.90. The molecule has 1 atom stereocenters. The molecule has 1 unspecified atom stereocenters. The summed E-state index contributed by atoms with van der Waals surface area (Å²) in [4.78, 5) is 12.3. The van der Waals surface area contributed by atoms with Crippen molar-refractivity contribution < 1.29 is 4.79 Å². The van der Waals surface area contributed by atoms with Gasteiger partial charge in [-0.25, -0.2) is 0 Å². The molecule has 1 aromatic carbocycles. The fourth-order valence-electron chi connectivity index (χ4n) is 2.10. The minimum absolute atomic E-state index is 0.00779. The molecule has 1 amide bonds. The predicted octanol–water partition coefficient (Wildman–Crippen LogP) is 2.05. The fraction of sp³-hybridized carbons (Fsp3) is 0.333. The molecule has 1 aromatic heterocycles. The molecular weight excluding hydrogens is 252 g/mol. The third-order valence-corrected chi connectivity index (χ3v) is 3.09. The zero-order valence-electron chi connectivity index (χ0n) is 12.1. The summed E-state index contributed by atoms with van der Waals surface area (Å²) >= 11 is 0. The van der Waals surface area contributed by atoms with Crippen LogP contribution < -0.4 is 10.6 Å². The lowest BCUT2D eigenvalue weighted by Crippen LogP contribution is -2.36. The normalized spacial score (nSPS) is 11.9. The van der Waals surface area contributed by atoms with Gasteiger partial charge in [-0.3, -0.25) is 9.48 Å². The first-order valence-corrected chi connectivity index (χ1v) is 6.67. The summed E-state index contributed by atoms with van der Waals surface area (Å²) in [5.41, 5.74) is 2.62. The molecule has 2 aromatic rings. The molecule has 0 aliphatic heterocycles. The van der Waals surface area contributed by atoms with Gasteiger partial charge in [-0.1, -0.05) is 6.07 Å². The van der Waals surface area contributed by atoms with Gasteiger partial charge in [-0.2, -0.15) is 5.10 Å². The summed E-state index contributed by atoms with van der Waals surface area (Å²) in [6.07, 6.45) is 3.61. The summed E-state index contributed by atoms with van der Waals surface area (Å²) in [7, 11) is 1.82. The number of amides is 1. The van der Waals surface area contributed by atoms with Crippen LogP contribution in [0, 0.1) is 6.92 Å². The van der Waals surface area contributed by atoms with Crippen LogP contribution in [-0.2, 0) is 6.54 Å². The number of nitrogens with one attached hydrogen (secondary N) is 2. The van der Waals surface area contributed by atoms with Gasteiger partial charge in [0.05, 0.1) is 12.1 Å². The Morgan fingerprint density at radius 1 is 1.45 bits per heavy atom. The number of hydrogen-bond acceptors (Lipinski definition) is 3. The van der Waals surface area contributed by atoms with Crippen LogP contribution in [0.5, 0.6) is 0 Å². The Labute approximate surface area is 119 Å². The van der Waals surface area contributed by atoms with Crippen LogP contribution in [-0.4, -0.2) is 28.8 Å². The topological polar surface area (TPSA) is 59.0 Å². The van der Waals surface area contributed by atoms with E-state index in [0.717, 1.165) is 11.3 Å². The highest BCUT2D eigenvalue weighted by atomic mass is 16.1. The maximum absolute atomic E-state index is 12.3. The van der Waals surface area contributed by atoms with Crippen LogP contribution in [0.25, 0.3) is 0 Å². The molecule has 0 aliphatic carbocycles. The van der Waals surface area contributed by atoms with Gasteiger partial charge in [0.15, 0.2) is 0 Å². The molecule has 106 valence electrons. The van der Waals surface area contributed by atoms with Gasteiger partial charge in [0, 0.05) is 31.2 Å². The number of carbonyl (C=O) groups excluding carboxylic acids is 1. The monoisotopic (exact) mass is 272 g/mol. The Hall–Kier alpha value is -2.30. The van der Waals surface area contributed by atoms with Gasteiger partial charge >= 0.3 is 0 Å². The molecule has 0 aliphatic rings. The number of aromatic nitrogens is 2. The Kier molecular flexibility index (Phi) is 4.40. The van der Waals surface area contributed by atoms with Crippen molar-refractivity contribution >= 4 is 11.6 Å². The first-order valence-electron chi connectivity index (χ1n) is 6.67. The average molecular weight is 272 g/mol. The van der Waals surface area contributed by atoms with Crippen molar-refractivity contribution in [2.24, 2.45) is 0 Å². The second kappa shape index (κ2) is 6.23. The minimum atomic E-state index is -0.0750. The highest BCUT2D eigenvalue weighted by Gasteiger charge is 2.13. The van der Waals surface area contributed by atoms with Crippen LogP contribution >= 0.6 is 0 Å². The molecule has 0 radical (unpaired) electrons. The van der Waals surface area contributed by atoms with Gasteiger partial charge in [-0.05, 0) is 37.6 Å². The maximum Gasteiger partial charge on any atom is 0.253 e. The Bertz CT molecular complexity index is 578. The first-order chi connectivity index (χ1) is 9.60. The molecule has 0 saturated carbocycles. The van der Waals surface area contributed by atoms with Crippen LogP contribution in [0.15, 0.2) is 36.7 Å². The van der Waals surface area contributed by atoms with E-state index in [1.54, 1.807) is 10.9 Å². The first kappa shape index (κ1) is 14.1. The van der Waals surface area contributed by atoms with Crippen molar-refractivity contribution in [3.63, 3.8) is 0 Å². The number of benzene rings is 1. The van der Waals surface area contributed by atoms with E-state index in [2.05, 4.69) is 15.7 Å². The fourth-order valence-corrected chi connectivity index (χ4v) is 2.10. The molecule has 0 bridgehead atoms. The largest absolute Gasteiger partial charge is 0.387 e. The molecule has 0 spiro atoms. The van der Waals surface area contributed by atoms with Crippen molar-refractivity contribution in [2.75, 3.05) is 12.4 Å². The standard InChI is InChI=1S/C15H20N4O/c1-11-5-6-13(14(9-11)16-3)15(20)18-12(2)10-19-8-4-7-17-19/h4-9,12,16H,10H2,1-3H3,(H,18,20). The van der Waals surface area contributed by atoms with Crippen molar-refractivity contribution in [1.29, 1.82) is 0 Å². The highest BCUT2D eigenvalue weighted by Crippen LogP contribution is 2.17. The van der Waals surface area contributed by atoms with Crippen LogP contribution in [0.1, 0.15) is 22.8 Å². The van der Waals surface area contributed by atoms with Crippen LogP contribution in [0.3, 0.4) is 0 Å². The Balaban J connectivity index is 2.04. The van der Waals surface area contributed by atoms with E-state index in [4.69, 9.17) is 0 Å². The SMILES string of the molecule is CNc1cc(C)ccc1C(=O)NC(C)Cn1cccn1. The zero-order chi connectivity index (χ0) is 14.5. The lowest BCUT2D eigenvalue weighted by Gasteiger charge is -2.16. The zero-order valence-corrected chi connectivity index (χ0v) is 12.1. The number of anilines is 1. The van der Waals surface area contributed by atoms with Gasteiger partial charge in [0.1, 0.15) is 0 Å². The van der Waals surface area contributed by atoms with Gasteiger partial charge < -0.3 is 10.6 Å².